The van der Waals surface area contributed by atoms with Crippen molar-refractivity contribution >= 4 is 5.97 Å². The Hall–Kier alpha value is -1.39. The van der Waals surface area contributed by atoms with Gasteiger partial charge in [0.2, 0.25) is 0 Å². The Morgan fingerprint density at radius 2 is 2.06 bits per heavy atom. The number of benzene rings is 1. The summed E-state index contributed by atoms with van der Waals surface area (Å²) in [7, 11) is 0. The molecule has 0 bridgehead atoms. The predicted octanol–water partition coefficient (Wildman–Crippen LogP) is 1.44. The molecule has 4 nitrogen and oxygen atoms in total. The second-order valence-electron chi connectivity index (χ2n) is 3.86. The van der Waals surface area contributed by atoms with E-state index in [2.05, 4.69) is 0 Å². The van der Waals surface area contributed by atoms with E-state index in [1.54, 1.807) is 0 Å². The maximum absolute atomic E-state index is 11.0. The Balaban J connectivity index is 2.36. The van der Waals surface area contributed by atoms with Gasteiger partial charge in [0, 0.05) is 6.61 Å². The minimum absolute atomic E-state index is 0.405. The number of nitrogens with two attached hydrogens (primary N) is 1. The molecule has 94 valence electrons. The standard InChI is InChI=1S/C13H19NO3/c14-9-4-10-17-12(13(15)16)8-7-11-5-2-1-3-6-11/h1-3,5-6,12H,4,7-10,14H2,(H,15,16). The van der Waals surface area contributed by atoms with Crippen molar-refractivity contribution in [2.24, 2.45) is 5.73 Å². The van der Waals surface area contributed by atoms with Crippen molar-refractivity contribution in [2.45, 2.75) is 25.4 Å². The lowest BCUT2D eigenvalue weighted by atomic mass is 10.1. The molecule has 0 spiro atoms. The normalized spacial score (nSPS) is 12.3. The van der Waals surface area contributed by atoms with E-state index in [-0.39, 0.29) is 0 Å². The van der Waals surface area contributed by atoms with Crippen LogP contribution in [0.1, 0.15) is 18.4 Å². The lowest BCUT2D eigenvalue weighted by Crippen LogP contribution is -2.25. The number of carbonyl (C=O) groups is 1. The molecule has 1 atom stereocenters. The Morgan fingerprint density at radius 3 is 2.65 bits per heavy atom. The molecule has 0 fully saturated rings. The summed E-state index contributed by atoms with van der Waals surface area (Å²) >= 11 is 0. The summed E-state index contributed by atoms with van der Waals surface area (Å²) in [6, 6.07) is 9.80. The fourth-order valence-corrected chi connectivity index (χ4v) is 1.53. The number of ether oxygens (including phenoxy) is 1. The van der Waals surface area contributed by atoms with Crippen molar-refractivity contribution in [2.75, 3.05) is 13.2 Å². The van der Waals surface area contributed by atoms with Gasteiger partial charge in [0.25, 0.3) is 0 Å². The summed E-state index contributed by atoms with van der Waals surface area (Å²) in [6.07, 6.45) is 1.15. The van der Waals surface area contributed by atoms with Crippen LogP contribution in [0.15, 0.2) is 30.3 Å². The third-order valence-corrected chi connectivity index (χ3v) is 2.48. The third-order valence-electron chi connectivity index (χ3n) is 2.48. The number of aliphatic carboxylic acids is 1. The molecule has 4 heteroatoms. The number of hydrogen-bond donors (Lipinski definition) is 2. The van der Waals surface area contributed by atoms with Crippen LogP contribution in [-0.2, 0) is 16.0 Å². The fourth-order valence-electron chi connectivity index (χ4n) is 1.53. The Kier molecular flexibility index (Phi) is 6.29. The second kappa shape index (κ2) is 7.81. The SMILES string of the molecule is NCCCOC(CCc1ccccc1)C(=O)O. The lowest BCUT2D eigenvalue weighted by molar-refractivity contribution is -0.150. The highest BCUT2D eigenvalue weighted by Gasteiger charge is 2.17. The molecule has 0 saturated carbocycles. The summed E-state index contributed by atoms with van der Waals surface area (Å²) in [6.45, 7) is 0.924. The molecule has 1 aromatic carbocycles. The van der Waals surface area contributed by atoms with Crippen LogP contribution in [0.5, 0.6) is 0 Å². The van der Waals surface area contributed by atoms with Crippen molar-refractivity contribution in [1.82, 2.24) is 0 Å². The minimum atomic E-state index is -0.905. The maximum atomic E-state index is 11.0. The van der Waals surface area contributed by atoms with Gasteiger partial charge >= 0.3 is 5.97 Å². The van der Waals surface area contributed by atoms with Gasteiger partial charge in [-0.3, -0.25) is 0 Å². The van der Waals surface area contributed by atoms with E-state index in [1.807, 2.05) is 30.3 Å². The van der Waals surface area contributed by atoms with E-state index >= 15 is 0 Å². The van der Waals surface area contributed by atoms with Crippen molar-refractivity contribution in [3.8, 4) is 0 Å². The summed E-state index contributed by atoms with van der Waals surface area (Å²) in [5.74, 6) is -0.905. The van der Waals surface area contributed by atoms with Crippen LogP contribution in [-0.4, -0.2) is 30.3 Å². The zero-order chi connectivity index (χ0) is 12.5. The molecular formula is C13H19NO3. The van der Waals surface area contributed by atoms with Crippen LogP contribution >= 0.6 is 0 Å². The van der Waals surface area contributed by atoms with Crippen LogP contribution in [0.2, 0.25) is 0 Å². The molecular weight excluding hydrogens is 218 g/mol. The predicted molar refractivity (Wildman–Crippen MR) is 65.8 cm³/mol. The highest BCUT2D eigenvalue weighted by Crippen LogP contribution is 2.08. The van der Waals surface area contributed by atoms with Gasteiger partial charge in [-0.25, -0.2) is 4.79 Å². The summed E-state index contributed by atoms with van der Waals surface area (Å²) < 4.78 is 5.29. The van der Waals surface area contributed by atoms with E-state index in [0.29, 0.717) is 32.4 Å². The average molecular weight is 237 g/mol. The van der Waals surface area contributed by atoms with E-state index in [9.17, 15) is 4.79 Å². The van der Waals surface area contributed by atoms with E-state index in [4.69, 9.17) is 15.6 Å². The van der Waals surface area contributed by atoms with Crippen LogP contribution in [0, 0.1) is 0 Å². The first-order valence-electron chi connectivity index (χ1n) is 5.82. The largest absolute Gasteiger partial charge is 0.479 e. The molecule has 1 unspecified atom stereocenters. The quantitative estimate of drug-likeness (QED) is 0.671. The number of carboxylic acid groups (broad SMARTS) is 1. The van der Waals surface area contributed by atoms with E-state index in [1.165, 1.54) is 0 Å². The first-order valence-corrected chi connectivity index (χ1v) is 5.82. The van der Waals surface area contributed by atoms with Gasteiger partial charge in [-0.2, -0.15) is 0 Å². The van der Waals surface area contributed by atoms with Gasteiger partial charge in [0.15, 0.2) is 6.10 Å². The van der Waals surface area contributed by atoms with Crippen molar-refractivity contribution in [3.05, 3.63) is 35.9 Å². The minimum Gasteiger partial charge on any atom is -0.479 e. The molecule has 1 aromatic rings. The van der Waals surface area contributed by atoms with Crippen molar-refractivity contribution < 1.29 is 14.6 Å². The first-order chi connectivity index (χ1) is 8.24. The van der Waals surface area contributed by atoms with E-state index < -0.39 is 12.1 Å². The van der Waals surface area contributed by atoms with Crippen LogP contribution in [0.25, 0.3) is 0 Å². The molecule has 17 heavy (non-hydrogen) atoms. The van der Waals surface area contributed by atoms with Gasteiger partial charge in [-0.1, -0.05) is 30.3 Å². The zero-order valence-corrected chi connectivity index (χ0v) is 9.84. The van der Waals surface area contributed by atoms with Gasteiger partial charge in [0.1, 0.15) is 0 Å². The molecule has 3 N–H and O–H groups in total. The van der Waals surface area contributed by atoms with Crippen LogP contribution in [0.4, 0.5) is 0 Å². The van der Waals surface area contributed by atoms with E-state index in [0.717, 1.165) is 5.56 Å². The summed E-state index contributed by atoms with van der Waals surface area (Å²) in [5, 5.41) is 8.99. The number of aryl methyl sites for hydroxylation is 1. The number of hydrogen-bond acceptors (Lipinski definition) is 3. The maximum Gasteiger partial charge on any atom is 0.332 e. The Morgan fingerprint density at radius 1 is 1.35 bits per heavy atom. The Labute approximate surface area is 101 Å². The molecule has 0 amide bonds. The molecule has 0 heterocycles. The number of carboxylic acids is 1. The highest BCUT2D eigenvalue weighted by molar-refractivity contribution is 5.72. The number of rotatable bonds is 8. The first kappa shape index (κ1) is 13.7. The average Bonchev–Trinajstić information content (AvgIpc) is 2.34. The molecule has 0 radical (unpaired) electrons. The van der Waals surface area contributed by atoms with Crippen molar-refractivity contribution in [1.29, 1.82) is 0 Å². The summed E-state index contributed by atoms with van der Waals surface area (Å²) in [5.41, 5.74) is 6.45. The molecule has 0 aliphatic rings. The monoisotopic (exact) mass is 237 g/mol. The zero-order valence-electron chi connectivity index (χ0n) is 9.84. The van der Waals surface area contributed by atoms with Gasteiger partial charge in [-0.15, -0.1) is 0 Å². The topological polar surface area (TPSA) is 72.5 Å². The second-order valence-corrected chi connectivity index (χ2v) is 3.86. The highest BCUT2D eigenvalue weighted by atomic mass is 16.5. The van der Waals surface area contributed by atoms with Crippen LogP contribution < -0.4 is 5.73 Å². The molecule has 1 rings (SSSR count). The molecule has 0 aliphatic heterocycles. The molecule has 0 saturated heterocycles. The third kappa shape index (κ3) is 5.47. The van der Waals surface area contributed by atoms with Crippen molar-refractivity contribution in [3.63, 3.8) is 0 Å². The summed E-state index contributed by atoms with van der Waals surface area (Å²) in [4.78, 5) is 11.0. The van der Waals surface area contributed by atoms with Gasteiger partial charge in [-0.05, 0) is 31.4 Å². The smallest absolute Gasteiger partial charge is 0.332 e. The lowest BCUT2D eigenvalue weighted by Gasteiger charge is -2.13. The fraction of sp³-hybridized carbons (Fsp3) is 0.462. The van der Waals surface area contributed by atoms with Crippen LogP contribution in [0.3, 0.4) is 0 Å². The molecule has 0 aliphatic carbocycles. The molecule has 0 aromatic heterocycles. The van der Waals surface area contributed by atoms with Gasteiger partial charge < -0.3 is 15.6 Å². The van der Waals surface area contributed by atoms with Gasteiger partial charge in [0.05, 0.1) is 0 Å². The Bertz CT molecular complexity index is 327.